The number of nitrogens with one attached hydrogen (secondary N) is 1. The summed E-state index contributed by atoms with van der Waals surface area (Å²) >= 11 is 12.0. The second-order valence-corrected chi connectivity index (χ2v) is 7.15. The Morgan fingerprint density at radius 3 is 2.41 bits per heavy atom. The smallest absolute Gasteiger partial charge is 0.291 e. The van der Waals surface area contributed by atoms with Crippen molar-refractivity contribution in [1.29, 1.82) is 0 Å². The van der Waals surface area contributed by atoms with Crippen LogP contribution in [0.25, 0.3) is 0 Å². The maximum Gasteiger partial charge on any atom is 0.291 e. The van der Waals surface area contributed by atoms with E-state index in [4.69, 9.17) is 32.4 Å². The van der Waals surface area contributed by atoms with Gasteiger partial charge in [-0.3, -0.25) is 4.79 Å². The van der Waals surface area contributed by atoms with E-state index in [1.165, 1.54) is 0 Å². The van der Waals surface area contributed by atoms with Crippen molar-refractivity contribution in [1.82, 2.24) is 0 Å². The van der Waals surface area contributed by atoms with Gasteiger partial charge < -0.3 is 19.4 Å². The minimum atomic E-state index is -0.323. The second-order valence-electron chi connectivity index (χ2n) is 6.30. The molecular weight excluding hydrogens is 411 g/mol. The van der Waals surface area contributed by atoms with Crippen molar-refractivity contribution < 1.29 is 13.9 Å². The van der Waals surface area contributed by atoms with Gasteiger partial charge in [0.05, 0.1) is 5.02 Å². The van der Waals surface area contributed by atoms with Crippen LogP contribution >= 0.6 is 23.2 Å². The maximum absolute atomic E-state index is 12.4. The van der Waals surface area contributed by atoms with E-state index in [1.54, 1.807) is 30.3 Å². The Labute approximate surface area is 180 Å². The Balaban J connectivity index is 1.59. The van der Waals surface area contributed by atoms with Crippen LogP contribution in [0, 0.1) is 0 Å². The molecule has 29 heavy (non-hydrogen) atoms. The van der Waals surface area contributed by atoms with E-state index in [0.717, 1.165) is 18.8 Å². The molecule has 2 aromatic carbocycles. The fraction of sp³-hybridized carbons (Fsp3) is 0.227. The summed E-state index contributed by atoms with van der Waals surface area (Å²) in [6, 6.07) is 16.0. The molecule has 1 heterocycles. The summed E-state index contributed by atoms with van der Waals surface area (Å²) in [5.74, 6) is 0.889. The number of benzene rings is 2. The lowest BCUT2D eigenvalue weighted by Gasteiger charge is -2.21. The normalized spacial score (nSPS) is 10.6. The third kappa shape index (κ3) is 5.46. The summed E-state index contributed by atoms with van der Waals surface area (Å²) < 4.78 is 11.2. The lowest BCUT2D eigenvalue weighted by Crippen LogP contribution is -2.21. The first kappa shape index (κ1) is 21.1. The number of ether oxygens (including phenoxy) is 1. The van der Waals surface area contributed by atoms with Gasteiger partial charge in [0.2, 0.25) is 0 Å². The highest BCUT2D eigenvalue weighted by Crippen LogP contribution is 2.28. The molecule has 0 atom stereocenters. The van der Waals surface area contributed by atoms with Crippen molar-refractivity contribution >= 4 is 40.5 Å². The molecule has 0 unspecified atom stereocenters. The number of furan rings is 1. The predicted molar refractivity (Wildman–Crippen MR) is 117 cm³/mol. The highest BCUT2D eigenvalue weighted by molar-refractivity contribution is 6.35. The summed E-state index contributed by atoms with van der Waals surface area (Å²) in [6.45, 7) is 6.23. The molecule has 5 nitrogen and oxygen atoms in total. The van der Waals surface area contributed by atoms with Crippen LogP contribution in [0.1, 0.15) is 30.2 Å². The fourth-order valence-corrected chi connectivity index (χ4v) is 3.32. The van der Waals surface area contributed by atoms with E-state index in [-0.39, 0.29) is 18.3 Å². The van der Waals surface area contributed by atoms with E-state index >= 15 is 0 Å². The van der Waals surface area contributed by atoms with Gasteiger partial charge in [0.25, 0.3) is 5.91 Å². The first-order valence-electron chi connectivity index (χ1n) is 9.33. The predicted octanol–water partition coefficient (Wildman–Crippen LogP) is 6.26. The molecule has 1 aromatic heterocycles. The zero-order valence-corrected chi connectivity index (χ0v) is 17.8. The Kier molecular flexibility index (Phi) is 7.07. The van der Waals surface area contributed by atoms with Crippen molar-refractivity contribution in [3.05, 3.63) is 76.2 Å². The maximum atomic E-state index is 12.4. The molecule has 7 heteroatoms. The van der Waals surface area contributed by atoms with Gasteiger partial charge in [-0.2, -0.15) is 0 Å². The standard InChI is InChI=1S/C22H22Cl2N2O3/c1-3-26(4-2)17-8-6-16(7-9-17)25-22(27)21-12-10-18(29-21)14-28-20-11-5-15(23)13-19(20)24/h5-13H,3-4,14H2,1-2H3,(H,25,27). The van der Waals surface area contributed by atoms with Crippen molar-refractivity contribution in [2.45, 2.75) is 20.5 Å². The zero-order valence-electron chi connectivity index (χ0n) is 16.2. The van der Waals surface area contributed by atoms with Crippen LogP contribution in [0.5, 0.6) is 5.75 Å². The zero-order chi connectivity index (χ0) is 20.8. The minimum Gasteiger partial charge on any atom is -0.484 e. The Bertz CT molecular complexity index is 966. The highest BCUT2D eigenvalue weighted by atomic mass is 35.5. The third-order valence-electron chi connectivity index (χ3n) is 4.40. The molecule has 3 aromatic rings. The molecule has 3 rings (SSSR count). The summed E-state index contributed by atoms with van der Waals surface area (Å²) in [6.07, 6.45) is 0. The van der Waals surface area contributed by atoms with Crippen LogP contribution in [0.4, 0.5) is 11.4 Å². The molecule has 1 N–H and O–H groups in total. The van der Waals surface area contributed by atoms with Gasteiger partial charge in [0.1, 0.15) is 18.1 Å². The molecule has 0 fully saturated rings. The molecule has 0 bridgehead atoms. The van der Waals surface area contributed by atoms with Crippen molar-refractivity contribution in [2.24, 2.45) is 0 Å². The molecular formula is C22H22Cl2N2O3. The highest BCUT2D eigenvalue weighted by Gasteiger charge is 2.13. The monoisotopic (exact) mass is 432 g/mol. The van der Waals surface area contributed by atoms with Crippen molar-refractivity contribution in [2.75, 3.05) is 23.3 Å². The number of carbonyl (C=O) groups excluding carboxylic acids is 1. The van der Waals surface area contributed by atoms with E-state index in [2.05, 4.69) is 24.1 Å². The molecule has 0 spiro atoms. The van der Waals surface area contributed by atoms with E-state index in [9.17, 15) is 4.79 Å². The first-order chi connectivity index (χ1) is 14.0. The van der Waals surface area contributed by atoms with Crippen LogP contribution in [0.15, 0.2) is 59.0 Å². The average Bonchev–Trinajstić information content (AvgIpc) is 3.19. The summed E-state index contributed by atoms with van der Waals surface area (Å²) in [7, 11) is 0. The summed E-state index contributed by atoms with van der Waals surface area (Å²) in [5.41, 5.74) is 1.82. The van der Waals surface area contributed by atoms with Gasteiger partial charge in [-0.15, -0.1) is 0 Å². The van der Waals surface area contributed by atoms with Gasteiger partial charge in [0.15, 0.2) is 5.76 Å². The second kappa shape index (κ2) is 9.72. The summed E-state index contributed by atoms with van der Waals surface area (Å²) in [5, 5.41) is 3.78. The van der Waals surface area contributed by atoms with Crippen LogP contribution < -0.4 is 15.0 Å². The number of amides is 1. The number of nitrogens with zero attached hydrogens (tertiary/aromatic N) is 1. The molecule has 152 valence electrons. The molecule has 0 saturated carbocycles. The molecule has 1 amide bonds. The van der Waals surface area contributed by atoms with Gasteiger partial charge in [0, 0.05) is 29.5 Å². The van der Waals surface area contributed by atoms with E-state index in [0.29, 0.717) is 27.2 Å². The topological polar surface area (TPSA) is 54.7 Å². The van der Waals surface area contributed by atoms with Gasteiger partial charge in [-0.25, -0.2) is 0 Å². The van der Waals surface area contributed by atoms with E-state index in [1.807, 2.05) is 24.3 Å². The number of hydrogen-bond donors (Lipinski definition) is 1. The van der Waals surface area contributed by atoms with Gasteiger partial charge >= 0.3 is 0 Å². The first-order valence-corrected chi connectivity index (χ1v) is 10.1. The molecule has 0 saturated heterocycles. The average molecular weight is 433 g/mol. The van der Waals surface area contributed by atoms with Crippen molar-refractivity contribution in [3.8, 4) is 5.75 Å². The van der Waals surface area contributed by atoms with Crippen molar-refractivity contribution in [3.63, 3.8) is 0 Å². The molecule has 0 aliphatic carbocycles. The number of hydrogen-bond acceptors (Lipinski definition) is 4. The minimum absolute atomic E-state index is 0.146. The lowest BCUT2D eigenvalue weighted by molar-refractivity contribution is 0.0992. The molecule has 0 radical (unpaired) electrons. The van der Waals surface area contributed by atoms with Crippen LogP contribution in [0.3, 0.4) is 0 Å². The van der Waals surface area contributed by atoms with Gasteiger partial charge in [-0.05, 0) is 68.4 Å². The fourth-order valence-electron chi connectivity index (χ4n) is 2.86. The lowest BCUT2D eigenvalue weighted by atomic mass is 10.2. The Morgan fingerprint density at radius 2 is 1.76 bits per heavy atom. The SMILES string of the molecule is CCN(CC)c1ccc(NC(=O)c2ccc(COc3ccc(Cl)cc3Cl)o2)cc1. The van der Waals surface area contributed by atoms with Crippen LogP contribution in [-0.2, 0) is 6.61 Å². The summed E-state index contributed by atoms with van der Waals surface area (Å²) in [4.78, 5) is 14.7. The Hall–Kier alpha value is -2.63. The number of carbonyl (C=O) groups is 1. The molecule has 0 aliphatic heterocycles. The number of halogens is 2. The van der Waals surface area contributed by atoms with Gasteiger partial charge in [-0.1, -0.05) is 23.2 Å². The molecule has 0 aliphatic rings. The third-order valence-corrected chi connectivity index (χ3v) is 4.93. The number of rotatable bonds is 8. The number of anilines is 2. The van der Waals surface area contributed by atoms with Crippen LogP contribution in [-0.4, -0.2) is 19.0 Å². The quantitative estimate of drug-likeness (QED) is 0.455. The van der Waals surface area contributed by atoms with Crippen LogP contribution in [0.2, 0.25) is 10.0 Å². The van der Waals surface area contributed by atoms with E-state index < -0.39 is 0 Å². The largest absolute Gasteiger partial charge is 0.484 e. The Morgan fingerprint density at radius 1 is 1.03 bits per heavy atom.